The lowest BCUT2D eigenvalue weighted by Crippen LogP contribution is -2.60. The molecule has 3 aromatic rings. The number of nitrogens with zero attached hydrogens (tertiary/aromatic N) is 3. The Morgan fingerprint density at radius 1 is 1.17 bits per heavy atom. The van der Waals surface area contributed by atoms with Gasteiger partial charge in [-0.15, -0.1) is 0 Å². The van der Waals surface area contributed by atoms with Gasteiger partial charge in [0.25, 0.3) is 11.8 Å². The van der Waals surface area contributed by atoms with Crippen LogP contribution in [0.3, 0.4) is 0 Å². The van der Waals surface area contributed by atoms with E-state index < -0.39 is 58.7 Å². The summed E-state index contributed by atoms with van der Waals surface area (Å²) in [6.45, 7) is 1.55. The van der Waals surface area contributed by atoms with Crippen molar-refractivity contribution in [3.8, 4) is 11.1 Å². The van der Waals surface area contributed by atoms with E-state index >= 15 is 0 Å². The zero-order valence-corrected chi connectivity index (χ0v) is 22.2. The van der Waals surface area contributed by atoms with Crippen LogP contribution in [0.1, 0.15) is 31.0 Å². The summed E-state index contributed by atoms with van der Waals surface area (Å²) >= 11 is 6.12. The summed E-state index contributed by atoms with van der Waals surface area (Å²) in [7, 11) is 0. The number of pyridine rings is 1. The molecule has 1 saturated heterocycles. The third-order valence-corrected chi connectivity index (χ3v) is 7.50. The Kier molecular flexibility index (Phi) is 7.24. The molecule has 1 atom stereocenters. The molecule has 0 radical (unpaired) electrons. The average molecular weight is 593 g/mol. The van der Waals surface area contributed by atoms with Gasteiger partial charge in [-0.2, -0.15) is 13.2 Å². The molecule has 5 rings (SSSR count). The van der Waals surface area contributed by atoms with Crippen molar-refractivity contribution in [1.82, 2.24) is 15.0 Å². The molecule has 2 aliphatic rings. The van der Waals surface area contributed by atoms with Gasteiger partial charge in [0.15, 0.2) is 11.6 Å². The molecule has 2 aliphatic heterocycles. The van der Waals surface area contributed by atoms with Crippen LogP contribution in [0.15, 0.2) is 66.1 Å². The zero-order valence-electron chi connectivity index (χ0n) is 21.4. The van der Waals surface area contributed by atoms with E-state index in [1.54, 1.807) is 6.92 Å². The number of amides is 2. The summed E-state index contributed by atoms with van der Waals surface area (Å²) in [5.41, 5.74) is -2.53. The number of aliphatic hydroxyl groups excluding tert-OH is 1. The number of hydrazine groups is 1. The van der Waals surface area contributed by atoms with Crippen molar-refractivity contribution < 1.29 is 36.6 Å². The van der Waals surface area contributed by atoms with Crippen LogP contribution in [-0.2, 0) is 22.3 Å². The number of aliphatic hydroxyl groups is 1. The minimum Gasteiger partial charge on any atom is -0.509 e. The highest BCUT2D eigenvalue weighted by Crippen LogP contribution is 2.42. The molecule has 13 heteroatoms. The number of alkyl halides is 3. The molecule has 0 bridgehead atoms. The van der Waals surface area contributed by atoms with Crippen LogP contribution in [0.4, 0.5) is 27.6 Å². The van der Waals surface area contributed by atoms with Crippen LogP contribution < -0.4 is 5.32 Å². The zero-order chi connectivity index (χ0) is 29.7. The first-order valence-corrected chi connectivity index (χ1v) is 12.8. The minimum atomic E-state index is -4.65. The van der Waals surface area contributed by atoms with Crippen LogP contribution in [0.2, 0.25) is 5.02 Å². The SMILES string of the molecule is C[C@]12CCCN1N(Cc1cccc(F)c1F)C(=O)C(C(=O)Nc1ccc(Cl)cc1-c1ccc(C(F)(F)F)nc1)=C2O. The Labute approximate surface area is 235 Å². The molecule has 7 nitrogen and oxygen atoms in total. The number of halogens is 6. The van der Waals surface area contributed by atoms with E-state index in [0.717, 1.165) is 29.4 Å². The number of aromatic nitrogens is 1. The van der Waals surface area contributed by atoms with E-state index in [9.17, 15) is 36.6 Å². The first kappa shape index (κ1) is 28.5. The second-order valence-electron chi connectivity index (χ2n) is 9.87. The van der Waals surface area contributed by atoms with Gasteiger partial charge in [-0.05, 0) is 50.1 Å². The molecular weight excluding hydrogens is 571 g/mol. The molecule has 214 valence electrons. The summed E-state index contributed by atoms with van der Waals surface area (Å²) < 4.78 is 67.4. The molecular formula is C28H22ClF5N4O3. The summed E-state index contributed by atoms with van der Waals surface area (Å²) in [6, 6.07) is 9.70. The molecule has 2 amide bonds. The molecule has 1 aromatic heterocycles. The Morgan fingerprint density at radius 2 is 1.93 bits per heavy atom. The lowest BCUT2D eigenvalue weighted by atomic mass is 9.90. The highest BCUT2D eigenvalue weighted by molar-refractivity contribution is 6.31. The molecule has 0 aliphatic carbocycles. The van der Waals surface area contributed by atoms with Crippen LogP contribution in [0, 0.1) is 11.6 Å². The molecule has 0 spiro atoms. The van der Waals surface area contributed by atoms with E-state index in [1.165, 1.54) is 35.3 Å². The van der Waals surface area contributed by atoms with Crippen molar-refractivity contribution in [2.45, 2.75) is 38.0 Å². The van der Waals surface area contributed by atoms with Gasteiger partial charge in [-0.1, -0.05) is 29.8 Å². The quantitative estimate of drug-likeness (QED) is 0.270. The predicted octanol–water partition coefficient (Wildman–Crippen LogP) is 6.26. The highest BCUT2D eigenvalue weighted by Gasteiger charge is 2.52. The summed E-state index contributed by atoms with van der Waals surface area (Å²) in [5, 5.41) is 16.6. The Morgan fingerprint density at radius 3 is 2.61 bits per heavy atom. The van der Waals surface area contributed by atoms with Crippen molar-refractivity contribution in [2.75, 3.05) is 11.9 Å². The molecule has 2 N–H and O–H groups in total. The van der Waals surface area contributed by atoms with Crippen molar-refractivity contribution in [1.29, 1.82) is 0 Å². The summed E-state index contributed by atoms with van der Waals surface area (Å²) in [4.78, 5) is 30.7. The first-order chi connectivity index (χ1) is 19.3. The molecule has 3 heterocycles. The van der Waals surface area contributed by atoms with Gasteiger partial charge in [-0.25, -0.2) is 13.8 Å². The van der Waals surface area contributed by atoms with E-state index in [0.29, 0.717) is 19.4 Å². The van der Waals surface area contributed by atoms with Gasteiger partial charge in [0.05, 0.1) is 12.1 Å². The average Bonchev–Trinajstić information content (AvgIpc) is 3.32. The Hall–Kier alpha value is -4.03. The fourth-order valence-electron chi connectivity index (χ4n) is 5.15. The van der Waals surface area contributed by atoms with E-state index in [-0.39, 0.29) is 27.4 Å². The van der Waals surface area contributed by atoms with E-state index in [2.05, 4.69) is 10.3 Å². The molecule has 2 aromatic carbocycles. The number of benzene rings is 2. The number of fused-ring (bicyclic) bond motifs is 1. The smallest absolute Gasteiger partial charge is 0.433 e. The van der Waals surface area contributed by atoms with Gasteiger partial charge in [0.2, 0.25) is 0 Å². The van der Waals surface area contributed by atoms with Crippen molar-refractivity contribution in [3.05, 3.63) is 94.0 Å². The maximum atomic E-state index is 14.5. The number of carbonyl (C=O) groups is 2. The van der Waals surface area contributed by atoms with Gasteiger partial charge in [-0.3, -0.25) is 19.6 Å². The highest BCUT2D eigenvalue weighted by atomic mass is 35.5. The number of hydrogen-bond donors (Lipinski definition) is 2. The number of anilines is 1. The molecule has 0 unspecified atom stereocenters. The minimum absolute atomic E-state index is 0.0794. The maximum absolute atomic E-state index is 14.5. The number of rotatable bonds is 5. The lowest BCUT2D eigenvalue weighted by Gasteiger charge is -2.46. The lowest BCUT2D eigenvalue weighted by molar-refractivity contribution is -0.160. The van der Waals surface area contributed by atoms with Crippen LogP contribution in [0.5, 0.6) is 0 Å². The molecule has 0 saturated carbocycles. The normalized spacial score (nSPS) is 19.5. The predicted molar refractivity (Wildman–Crippen MR) is 139 cm³/mol. The number of nitrogens with one attached hydrogen (secondary N) is 1. The Bertz CT molecular complexity index is 1580. The van der Waals surface area contributed by atoms with Gasteiger partial charge < -0.3 is 10.4 Å². The first-order valence-electron chi connectivity index (χ1n) is 12.4. The number of hydrogen-bond acceptors (Lipinski definition) is 5. The van der Waals surface area contributed by atoms with Crippen molar-refractivity contribution in [3.63, 3.8) is 0 Å². The van der Waals surface area contributed by atoms with Gasteiger partial charge >= 0.3 is 6.18 Å². The van der Waals surface area contributed by atoms with Gasteiger partial charge in [0.1, 0.15) is 17.0 Å². The second kappa shape index (κ2) is 10.4. The summed E-state index contributed by atoms with van der Waals surface area (Å²) in [6.07, 6.45) is -2.76. The third-order valence-electron chi connectivity index (χ3n) is 7.26. The monoisotopic (exact) mass is 592 g/mol. The Balaban J connectivity index is 1.51. The fraction of sp³-hybridized carbons (Fsp3) is 0.250. The molecule has 1 fully saturated rings. The largest absolute Gasteiger partial charge is 0.509 e. The van der Waals surface area contributed by atoms with Crippen LogP contribution >= 0.6 is 11.6 Å². The molecule has 41 heavy (non-hydrogen) atoms. The standard InChI is InChI=1S/C28H22ClF5N4O3/c1-27-10-3-11-38(27)37(14-16-4-2-5-19(30)23(16)31)26(41)22(24(27)39)25(40)36-20-8-7-17(29)12-18(20)15-6-9-21(35-13-15)28(32,33)34/h2,4-9,12-13,39H,3,10-11,14H2,1H3,(H,36,40)/t27-/m1/s1. The van der Waals surface area contributed by atoms with E-state index in [4.69, 9.17) is 11.6 Å². The topological polar surface area (TPSA) is 85.8 Å². The second-order valence-corrected chi connectivity index (χ2v) is 10.3. The van der Waals surface area contributed by atoms with Crippen molar-refractivity contribution in [2.24, 2.45) is 0 Å². The fourth-order valence-corrected chi connectivity index (χ4v) is 5.32. The van der Waals surface area contributed by atoms with Gasteiger partial charge in [0, 0.05) is 40.1 Å². The van der Waals surface area contributed by atoms with Crippen LogP contribution in [-0.4, -0.2) is 44.0 Å². The summed E-state index contributed by atoms with van der Waals surface area (Å²) in [5.74, 6) is -4.66. The third kappa shape index (κ3) is 5.13. The maximum Gasteiger partial charge on any atom is 0.433 e. The van der Waals surface area contributed by atoms with Crippen LogP contribution in [0.25, 0.3) is 11.1 Å². The van der Waals surface area contributed by atoms with E-state index in [1.807, 2.05) is 0 Å². The number of carbonyl (C=O) groups excluding carboxylic acids is 2. The van der Waals surface area contributed by atoms with Crippen molar-refractivity contribution >= 4 is 29.1 Å².